The summed E-state index contributed by atoms with van der Waals surface area (Å²) in [6, 6.07) is 52.6. The summed E-state index contributed by atoms with van der Waals surface area (Å²) >= 11 is 0. The van der Waals surface area contributed by atoms with Gasteiger partial charge in [-0.25, -0.2) is 9.97 Å². The van der Waals surface area contributed by atoms with Gasteiger partial charge in [-0.1, -0.05) is 108 Å². The molecule has 334 valence electrons. The Labute approximate surface area is 403 Å². The van der Waals surface area contributed by atoms with Crippen molar-refractivity contribution in [3.05, 3.63) is 187 Å². The number of imidazole rings is 1. The van der Waals surface area contributed by atoms with Gasteiger partial charge in [-0.15, -0.1) is 0 Å². The smallest absolute Gasteiger partial charge is 0.147 e. The van der Waals surface area contributed by atoms with E-state index in [1.807, 2.05) is 61.1 Å². The Hall–Kier alpha value is -8.29. The summed E-state index contributed by atoms with van der Waals surface area (Å²) in [5.74, 6) is 1.59. The van der Waals surface area contributed by atoms with E-state index in [-0.39, 0.29) is 10.8 Å². The van der Waals surface area contributed by atoms with Crippen molar-refractivity contribution in [2.75, 3.05) is 0 Å². The number of nitrogens with one attached hydrogen (secondary N) is 1. The van der Waals surface area contributed by atoms with E-state index >= 15 is 0 Å². The molecule has 0 atom stereocenters. The van der Waals surface area contributed by atoms with Crippen LogP contribution < -0.4 is 0 Å². The molecule has 7 heteroatoms. The van der Waals surface area contributed by atoms with Gasteiger partial charge >= 0.3 is 0 Å². The number of aromatic nitrogens is 6. The molecular weight excluding hydrogens is 845 g/mol. The second-order valence-corrected chi connectivity index (χ2v) is 20.5. The summed E-state index contributed by atoms with van der Waals surface area (Å²) in [7, 11) is 0. The quantitative estimate of drug-likeness (QED) is 0.187. The van der Waals surface area contributed by atoms with E-state index in [4.69, 9.17) is 18.5 Å². The maximum Gasteiger partial charge on any atom is 0.147 e. The molecule has 13 rings (SSSR count). The van der Waals surface area contributed by atoms with E-state index in [9.17, 15) is 0 Å². The predicted molar refractivity (Wildman–Crippen MR) is 286 cm³/mol. The molecule has 0 unspecified atom stereocenters. The largest absolute Gasteiger partial charge is 0.456 e. The van der Waals surface area contributed by atoms with Gasteiger partial charge in [0.2, 0.25) is 0 Å². The zero-order chi connectivity index (χ0) is 49.4. The van der Waals surface area contributed by atoms with Crippen molar-refractivity contribution in [1.29, 1.82) is 0 Å². The molecule has 0 aliphatic heterocycles. The maximum atomic E-state index is 8.33. The number of hydrogen-bond acceptors (Lipinski definition) is 4. The van der Waals surface area contributed by atoms with Gasteiger partial charge in [-0.3, -0.25) is 14.1 Å². The number of aryl methyl sites for hydroxylation is 1. The maximum absolute atomic E-state index is 8.33. The first kappa shape index (κ1) is 37.8. The highest BCUT2D eigenvalue weighted by atomic mass is 16.3. The summed E-state index contributed by atoms with van der Waals surface area (Å²) in [6.45, 7) is 11.0. The Morgan fingerprint density at radius 1 is 0.551 bits per heavy atom. The lowest BCUT2D eigenvalue weighted by Gasteiger charge is -2.21. The fourth-order valence-electron chi connectivity index (χ4n) is 10.6. The first-order valence-corrected chi connectivity index (χ1v) is 23.6. The van der Waals surface area contributed by atoms with Gasteiger partial charge in [0.05, 0.1) is 33.3 Å². The average Bonchev–Trinajstić information content (AvgIpc) is 4.14. The van der Waals surface area contributed by atoms with Crippen LogP contribution in [0.2, 0.25) is 0 Å². The Kier molecular flexibility index (Phi) is 8.13. The number of aromatic amines is 1. The van der Waals surface area contributed by atoms with Crippen molar-refractivity contribution in [2.24, 2.45) is 0 Å². The number of H-pyrrole nitrogens is 1. The number of fused-ring (bicyclic) bond motifs is 10. The van der Waals surface area contributed by atoms with Crippen LogP contribution in [0.4, 0.5) is 0 Å². The Balaban J connectivity index is 1.09. The number of benzene rings is 7. The lowest BCUT2D eigenvalue weighted by Crippen LogP contribution is -2.12. The minimum atomic E-state index is -2.26. The lowest BCUT2D eigenvalue weighted by molar-refractivity contribution is 0.588. The van der Waals surface area contributed by atoms with Crippen LogP contribution in [-0.4, -0.2) is 29.1 Å². The van der Waals surface area contributed by atoms with E-state index in [0.29, 0.717) is 5.56 Å². The highest BCUT2D eigenvalue weighted by Crippen LogP contribution is 2.44. The second-order valence-electron chi connectivity index (χ2n) is 20.5. The normalized spacial score (nSPS) is 13.4. The van der Waals surface area contributed by atoms with E-state index in [1.54, 1.807) is 6.07 Å². The van der Waals surface area contributed by atoms with Crippen molar-refractivity contribution in [3.8, 4) is 45.1 Å². The van der Waals surface area contributed by atoms with Crippen molar-refractivity contribution < 1.29 is 8.53 Å². The molecule has 1 N–H and O–H groups in total. The zero-order valence-corrected chi connectivity index (χ0v) is 39.3. The first-order chi connectivity index (χ1) is 34.6. The molecule has 0 radical (unpaired) electrons. The standard InChI is InChI=1S/C62H50N6O/c1-36-15-23-50-48(31-36)57-49(62(5,6)7)22-21-46(59(57)65-50)60-66-58-42(12-10-13-52(58)67(60)41-18-20-45-44-11-8-9-14-54(44)69-55(45)35-41)39-16-19-43-47-32-38(37-25-28-63-29-26-37)17-24-51(47)68(53(43)33-39)56-34-40(27-30-64-56)61(2,3)4/h8-35,65H,1-7H3/i1D3. The third kappa shape index (κ3) is 6.44. The number of furan rings is 1. The Bertz CT molecular complexity index is 4350. The first-order valence-electron chi connectivity index (χ1n) is 25.1. The monoisotopic (exact) mass is 897 g/mol. The number of pyridine rings is 2. The number of para-hydroxylation sites is 2. The summed E-state index contributed by atoms with van der Waals surface area (Å²) in [6.07, 6.45) is 5.59. The molecule has 13 aromatic rings. The van der Waals surface area contributed by atoms with Gasteiger partial charge in [0.25, 0.3) is 0 Å². The van der Waals surface area contributed by atoms with E-state index in [2.05, 4.69) is 164 Å². The van der Waals surface area contributed by atoms with Crippen molar-refractivity contribution >= 4 is 76.6 Å². The Morgan fingerprint density at radius 2 is 1.38 bits per heavy atom. The summed E-state index contributed by atoms with van der Waals surface area (Å²) in [5, 5.41) is 6.21. The van der Waals surface area contributed by atoms with Crippen molar-refractivity contribution in [2.45, 2.75) is 59.2 Å². The molecule has 6 heterocycles. The molecule has 0 saturated heterocycles. The van der Waals surface area contributed by atoms with Crippen LogP contribution in [0.5, 0.6) is 0 Å². The molecular formula is C62H50N6O. The minimum absolute atomic E-state index is 0.0799. The molecule has 0 bridgehead atoms. The third-order valence-electron chi connectivity index (χ3n) is 14.0. The van der Waals surface area contributed by atoms with Gasteiger partial charge in [0, 0.05) is 77.7 Å². The molecule has 7 aromatic carbocycles. The van der Waals surface area contributed by atoms with Crippen LogP contribution in [0.15, 0.2) is 175 Å². The number of nitrogens with zero attached hydrogens (tertiary/aromatic N) is 5. The van der Waals surface area contributed by atoms with Gasteiger partial charge in [-0.05, 0) is 130 Å². The van der Waals surface area contributed by atoms with E-state index < -0.39 is 6.85 Å². The van der Waals surface area contributed by atoms with Gasteiger partial charge in [0.1, 0.15) is 22.8 Å². The summed E-state index contributed by atoms with van der Waals surface area (Å²) in [5.41, 5.74) is 15.5. The van der Waals surface area contributed by atoms with Crippen LogP contribution in [0.25, 0.3) is 122 Å². The highest BCUT2D eigenvalue weighted by molar-refractivity contribution is 6.15. The van der Waals surface area contributed by atoms with Crippen LogP contribution >= 0.6 is 0 Å². The number of hydrogen-bond donors (Lipinski definition) is 1. The van der Waals surface area contributed by atoms with Crippen LogP contribution in [0.3, 0.4) is 0 Å². The molecule has 69 heavy (non-hydrogen) atoms. The fourth-order valence-corrected chi connectivity index (χ4v) is 10.6. The van der Waals surface area contributed by atoms with Gasteiger partial charge in [0.15, 0.2) is 0 Å². The lowest BCUT2D eigenvalue weighted by atomic mass is 9.83. The average molecular weight is 898 g/mol. The SMILES string of the molecule is [2H]C([2H])([2H])c1ccc2[nH]c3c(-c4nc5c(-c6ccc7c8cc(-c9ccncc9)ccc8n(-c8cc(C(C)(C)C)ccn8)c7c6)cccc5n4-c4ccc5c(c4)oc4ccccc45)ccc(C(C)(C)C)c3c2c1. The van der Waals surface area contributed by atoms with Crippen LogP contribution in [-0.2, 0) is 10.8 Å². The van der Waals surface area contributed by atoms with Gasteiger partial charge in [-0.2, -0.15) is 0 Å². The summed E-state index contributed by atoms with van der Waals surface area (Å²) < 4.78 is 36.0. The minimum Gasteiger partial charge on any atom is -0.456 e. The third-order valence-corrected chi connectivity index (χ3v) is 14.0. The van der Waals surface area contributed by atoms with Gasteiger partial charge < -0.3 is 9.40 Å². The van der Waals surface area contributed by atoms with Crippen LogP contribution in [0.1, 0.15) is 62.3 Å². The molecule has 6 aromatic heterocycles. The van der Waals surface area contributed by atoms with Crippen LogP contribution in [0, 0.1) is 6.85 Å². The fraction of sp³-hybridized carbons (Fsp3) is 0.145. The van der Waals surface area contributed by atoms with Crippen molar-refractivity contribution in [1.82, 2.24) is 29.1 Å². The zero-order valence-electron chi connectivity index (χ0n) is 42.3. The molecule has 7 nitrogen and oxygen atoms in total. The molecule has 0 spiro atoms. The molecule has 0 aliphatic rings. The second kappa shape index (κ2) is 14.9. The molecule has 0 saturated carbocycles. The van der Waals surface area contributed by atoms with E-state index in [0.717, 1.165) is 127 Å². The molecule has 0 aliphatic carbocycles. The topological polar surface area (TPSA) is 77.5 Å². The van der Waals surface area contributed by atoms with E-state index in [1.165, 1.54) is 5.56 Å². The number of rotatable bonds is 5. The molecule has 0 fully saturated rings. The van der Waals surface area contributed by atoms with Crippen molar-refractivity contribution in [3.63, 3.8) is 0 Å². The molecule has 0 amide bonds. The highest BCUT2D eigenvalue weighted by Gasteiger charge is 2.27. The predicted octanol–water partition coefficient (Wildman–Crippen LogP) is 16.4. The Morgan fingerprint density at radius 3 is 2.22 bits per heavy atom. The summed E-state index contributed by atoms with van der Waals surface area (Å²) in [4.78, 5) is 18.8.